The minimum atomic E-state index is -0.316. The lowest BCUT2D eigenvalue weighted by Gasteiger charge is -2.05. The maximum absolute atomic E-state index is 12.9. The maximum Gasteiger partial charge on any atom is 0.138 e. The summed E-state index contributed by atoms with van der Waals surface area (Å²) in [6.45, 7) is 2.80. The molecule has 0 atom stereocenters. The molecule has 1 aromatic carbocycles. The van der Waals surface area contributed by atoms with Gasteiger partial charge in [0.1, 0.15) is 18.0 Å². The maximum atomic E-state index is 12.9. The van der Waals surface area contributed by atoms with Crippen molar-refractivity contribution < 1.29 is 4.39 Å². The summed E-state index contributed by atoms with van der Waals surface area (Å²) in [5.41, 5.74) is 6.18. The molecule has 90 valence electrons. The number of aromatic nitrogens is 3. The van der Waals surface area contributed by atoms with Gasteiger partial charge in [-0.05, 0) is 25.1 Å². The number of nitrogen functional groups attached to an aromatic ring is 1. The van der Waals surface area contributed by atoms with Crippen molar-refractivity contribution in [3.05, 3.63) is 36.2 Å². The number of hydrogen-bond donors (Lipinski definition) is 1. The summed E-state index contributed by atoms with van der Waals surface area (Å²) in [5.74, 6) is 1.24. The second-order valence-electron chi connectivity index (χ2n) is 3.46. The van der Waals surface area contributed by atoms with E-state index in [1.807, 2.05) is 11.6 Å². The molecule has 0 bridgehead atoms. The number of aryl methyl sites for hydroxylation is 1. The molecule has 0 saturated heterocycles. The zero-order valence-electron chi connectivity index (χ0n) is 9.43. The number of benzene rings is 1. The molecule has 0 saturated carbocycles. The molecule has 0 radical (unpaired) electrons. The molecule has 0 aliphatic carbocycles. The van der Waals surface area contributed by atoms with Crippen molar-refractivity contribution in [1.82, 2.24) is 14.8 Å². The lowest BCUT2D eigenvalue weighted by atomic mass is 10.3. The molecule has 17 heavy (non-hydrogen) atoms. The Morgan fingerprint density at radius 1 is 1.47 bits per heavy atom. The van der Waals surface area contributed by atoms with Crippen molar-refractivity contribution in [3.8, 4) is 0 Å². The molecule has 6 heteroatoms. The molecule has 0 amide bonds. The summed E-state index contributed by atoms with van der Waals surface area (Å²) >= 11 is 1.53. The van der Waals surface area contributed by atoms with E-state index < -0.39 is 0 Å². The average molecular weight is 252 g/mol. The third kappa shape index (κ3) is 2.76. The Hall–Kier alpha value is -1.56. The summed E-state index contributed by atoms with van der Waals surface area (Å²) < 4.78 is 14.7. The lowest BCUT2D eigenvalue weighted by molar-refractivity contribution is 0.627. The molecule has 4 nitrogen and oxygen atoms in total. The van der Waals surface area contributed by atoms with Crippen molar-refractivity contribution in [3.63, 3.8) is 0 Å². The Balaban J connectivity index is 2.07. The molecule has 0 unspecified atom stereocenters. The normalized spacial score (nSPS) is 10.7. The Bertz CT molecular complexity index is 512. The van der Waals surface area contributed by atoms with E-state index in [0.717, 1.165) is 17.3 Å². The average Bonchev–Trinajstić information content (AvgIpc) is 2.75. The first-order valence-electron chi connectivity index (χ1n) is 5.25. The minimum absolute atomic E-state index is 0.316. The second-order valence-corrected chi connectivity index (χ2v) is 4.48. The van der Waals surface area contributed by atoms with Gasteiger partial charge in [0.25, 0.3) is 0 Å². The number of anilines is 1. The summed E-state index contributed by atoms with van der Waals surface area (Å²) in [5, 5.41) is 4.08. The van der Waals surface area contributed by atoms with Crippen LogP contribution in [0.2, 0.25) is 0 Å². The number of hydrogen-bond acceptors (Lipinski definition) is 4. The van der Waals surface area contributed by atoms with Gasteiger partial charge < -0.3 is 5.73 Å². The number of rotatable bonds is 4. The fraction of sp³-hybridized carbons (Fsp3) is 0.273. The first kappa shape index (κ1) is 11.9. The van der Waals surface area contributed by atoms with Gasteiger partial charge in [0.15, 0.2) is 0 Å². The van der Waals surface area contributed by atoms with Crippen LogP contribution in [-0.2, 0) is 12.3 Å². The topological polar surface area (TPSA) is 56.7 Å². The largest absolute Gasteiger partial charge is 0.398 e. The summed E-state index contributed by atoms with van der Waals surface area (Å²) in [6.07, 6.45) is 1.54. The molecule has 2 rings (SSSR count). The fourth-order valence-corrected chi connectivity index (χ4v) is 2.36. The van der Waals surface area contributed by atoms with Gasteiger partial charge in [-0.25, -0.2) is 14.1 Å². The molecule has 0 aliphatic rings. The van der Waals surface area contributed by atoms with Crippen LogP contribution in [0.25, 0.3) is 0 Å². The molecule has 1 aromatic heterocycles. The van der Waals surface area contributed by atoms with E-state index in [9.17, 15) is 4.39 Å². The Labute approximate surface area is 103 Å². The molecular formula is C11H13FN4S. The highest BCUT2D eigenvalue weighted by atomic mass is 32.2. The van der Waals surface area contributed by atoms with Crippen LogP contribution >= 0.6 is 11.8 Å². The summed E-state index contributed by atoms with van der Waals surface area (Å²) in [7, 11) is 0. The Morgan fingerprint density at radius 2 is 2.29 bits per heavy atom. The Kier molecular flexibility index (Phi) is 3.63. The fourth-order valence-electron chi connectivity index (χ4n) is 1.46. The quantitative estimate of drug-likeness (QED) is 0.670. The standard InChI is InChI=1S/C11H13FN4S/c1-2-16-11(14-7-15-16)6-17-10-4-3-8(12)5-9(10)13/h3-5,7H,2,6,13H2,1H3. The van der Waals surface area contributed by atoms with Crippen molar-refractivity contribution in [2.24, 2.45) is 0 Å². The van der Waals surface area contributed by atoms with E-state index in [1.165, 1.54) is 30.2 Å². The van der Waals surface area contributed by atoms with Gasteiger partial charge in [-0.1, -0.05) is 0 Å². The van der Waals surface area contributed by atoms with Gasteiger partial charge in [0.05, 0.1) is 5.75 Å². The van der Waals surface area contributed by atoms with Gasteiger partial charge in [0.2, 0.25) is 0 Å². The number of nitrogens with zero attached hydrogens (tertiary/aromatic N) is 3. The van der Waals surface area contributed by atoms with Crippen LogP contribution in [0.3, 0.4) is 0 Å². The SMILES string of the molecule is CCn1ncnc1CSc1ccc(F)cc1N. The predicted octanol–water partition coefficient (Wildman–Crippen LogP) is 2.31. The van der Waals surface area contributed by atoms with Gasteiger partial charge >= 0.3 is 0 Å². The molecular weight excluding hydrogens is 239 g/mol. The summed E-state index contributed by atoms with van der Waals surface area (Å²) in [6, 6.07) is 4.41. The van der Waals surface area contributed by atoms with E-state index in [1.54, 1.807) is 6.07 Å². The van der Waals surface area contributed by atoms with Crippen LogP contribution < -0.4 is 5.73 Å². The minimum Gasteiger partial charge on any atom is -0.398 e. The number of nitrogens with two attached hydrogens (primary N) is 1. The van der Waals surface area contributed by atoms with E-state index in [2.05, 4.69) is 10.1 Å². The number of halogens is 1. The first-order chi connectivity index (χ1) is 8.20. The third-order valence-corrected chi connectivity index (χ3v) is 3.41. The van der Waals surface area contributed by atoms with E-state index in [0.29, 0.717) is 11.4 Å². The highest BCUT2D eigenvalue weighted by Crippen LogP contribution is 2.27. The highest BCUT2D eigenvalue weighted by Gasteiger charge is 2.06. The predicted molar refractivity (Wildman–Crippen MR) is 66.1 cm³/mol. The van der Waals surface area contributed by atoms with E-state index in [4.69, 9.17) is 5.73 Å². The first-order valence-corrected chi connectivity index (χ1v) is 6.23. The molecule has 2 aromatic rings. The van der Waals surface area contributed by atoms with Gasteiger partial charge in [0, 0.05) is 17.1 Å². The Morgan fingerprint density at radius 3 is 3.00 bits per heavy atom. The zero-order valence-corrected chi connectivity index (χ0v) is 10.2. The van der Waals surface area contributed by atoms with Crippen molar-refractivity contribution in [1.29, 1.82) is 0 Å². The molecule has 0 spiro atoms. The van der Waals surface area contributed by atoms with Crippen LogP contribution in [0.4, 0.5) is 10.1 Å². The van der Waals surface area contributed by atoms with Crippen LogP contribution in [0, 0.1) is 5.82 Å². The molecule has 0 aliphatic heterocycles. The van der Waals surface area contributed by atoms with Crippen LogP contribution in [-0.4, -0.2) is 14.8 Å². The smallest absolute Gasteiger partial charge is 0.138 e. The summed E-state index contributed by atoms with van der Waals surface area (Å²) in [4.78, 5) is 5.02. The molecule has 0 fully saturated rings. The van der Waals surface area contributed by atoms with E-state index in [-0.39, 0.29) is 5.82 Å². The highest BCUT2D eigenvalue weighted by molar-refractivity contribution is 7.98. The van der Waals surface area contributed by atoms with E-state index >= 15 is 0 Å². The van der Waals surface area contributed by atoms with Crippen LogP contribution in [0.5, 0.6) is 0 Å². The lowest BCUT2D eigenvalue weighted by Crippen LogP contribution is -2.02. The molecule has 1 heterocycles. The second kappa shape index (κ2) is 5.18. The zero-order chi connectivity index (χ0) is 12.3. The van der Waals surface area contributed by atoms with Crippen LogP contribution in [0.1, 0.15) is 12.7 Å². The number of thioether (sulfide) groups is 1. The van der Waals surface area contributed by atoms with Crippen LogP contribution in [0.15, 0.2) is 29.4 Å². The van der Waals surface area contributed by atoms with Gasteiger partial charge in [-0.3, -0.25) is 0 Å². The molecule has 2 N–H and O–H groups in total. The van der Waals surface area contributed by atoms with Crippen molar-refractivity contribution in [2.75, 3.05) is 5.73 Å². The van der Waals surface area contributed by atoms with Gasteiger partial charge in [-0.15, -0.1) is 11.8 Å². The van der Waals surface area contributed by atoms with Gasteiger partial charge in [-0.2, -0.15) is 5.10 Å². The van der Waals surface area contributed by atoms with Crippen molar-refractivity contribution >= 4 is 17.4 Å². The van der Waals surface area contributed by atoms with Crippen molar-refractivity contribution in [2.45, 2.75) is 24.1 Å². The third-order valence-electron chi connectivity index (χ3n) is 2.32. The monoisotopic (exact) mass is 252 g/mol.